The molecule has 3 rings (SSSR count). The third-order valence-electron chi connectivity index (χ3n) is 4.05. The molecule has 0 saturated carbocycles. The molecule has 0 N–H and O–H groups in total. The Morgan fingerprint density at radius 2 is 1.93 bits per heavy atom. The van der Waals surface area contributed by atoms with Gasteiger partial charge in [-0.2, -0.15) is 0 Å². The summed E-state index contributed by atoms with van der Waals surface area (Å²) in [6.45, 7) is 1.18. The molecule has 0 spiro atoms. The fourth-order valence-corrected chi connectivity index (χ4v) is 3.57. The summed E-state index contributed by atoms with van der Waals surface area (Å²) in [7, 11) is 3.89. The second-order valence-corrected chi connectivity index (χ2v) is 7.45. The number of likely N-dealkylation sites (N-methyl/N-ethyl adjacent to an activating group) is 1. The normalized spacial score (nSPS) is 11.0. The average molecular weight is 433 g/mol. The Labute approximate surface area is 178 Å². The van der Waals surface area contributed by atoms with Crippen LogP contribution in [-0.2, 0) is 4.79 Å². The van der Waals surface area contributed by atoms with Crippen LogP contribution in [0.2, 0.25) is 0 Å². The number of carbonyl (C=O) groups excluding carboxylic acids is 1. The summed E-state index contributed by atoms with van der Waals surface area (Å²) in [6, 6.07) is 13.9. The first kappa shape index (κ1) is 22.5. The van der Waals surface area contributed by atoms with Crippen LogP contribution in [0.4, 0.5) is 10.8 Å². The van der Waals surface area contributed by atoms with Gasteiger partial charge in [-0.05, 0) is 37.9 Å². The zero-order chi connectivity index (χ0) is 20.1. The van der Waals surface area contributed by atoms with Gasteiger partial charge in [-0.1, -0.05) is 35.6 Å². The van der Waals surface area contributed by atoms with Crippen LogP contribution >= 0.6 is 23.7 Å². The molecule has 0 aliphatic carbocycles. The molecule has 0 aliphatic heterocycles. The number of halogens is 1. The number of hydrogen-bond acceptors (Lipinski definition) is 6. The van der Waals surface area contributed by atoms with Crippen LogP contribution in [0, 0.1) is 10.1 Å². The molecular formula is C20H21ClN4O3S. The number of anilines is 1. The van der Waals surface area contributed by atoms with Crippen molar-refractivity contribution in [3.63, 3.8) is 0 Å². The Hall–Kier alpha value is -2.81. The largest absolute Gasteiger partial charge is 0.308 e. The fraction of sp³-hybridized carbons (Fsp3) is 0.200. The van der Waals surface area contributed by atoms with E-state index in [4.69, 9.17) is 0 Å². The number of thiazole rings is 1. The predicted molar refractivity (Wildman–Crippen MR) is 120 cm³/mol. The number of nitro groups is 1. The van der Waals surface area contributed by atoms with Crippen molar-refractivity contribution in [3.05, 3.63) is 70.3 Å². The van der Waals surface area contributed by atoms with E-state index in [9.17, 15) is 14.9 Å². The lowest BCUT2D eigenvalue weighted by Gasteiger charge is -2.20. The Kier molecular flexibility index (Phi) is 7.83. The number of hydrogen-bond donors (Lipinski definition) is 0. The van der Waals surface area contributed by atoms with Crippen molar-refractivity contribution in [2.75, 3.05) is 32.1 Å². The number of aromatic nitrogens is 1. The maximum Gasteiger partial charge on any atom is 0.270 e. The molecule has 29 heavy (non-hydrogen) atoms. The average Bonchev–Trinajstić information content (AvgIpc) is 3.10. The molecule has 1 heterocycles. The van der Waals surface area contributed by atoms with E-state index in [1.165, 1.54) is 29.5 Å². The van der Waals surface area contributed by atoms with E-state index in [1.807, 2.05) is 43.3 Å². The van der Waals surface area contributed by atoms with E-state index in [2.05, 4.69) is 4.98 Å². The van der Waals surface area contributed by atoms with Gasteiger partial charge in [0.25, 0.3) is 11.6 Å². The maximum absolute atomic E-state index is 12.9. The van der Waals surface area contributed by atoms with Gasteiger partial charge in [-0.25, -0.2) is 4.98 Å². The monoisotopic (exact) mass is 432 g/mol. The first-order valence-electron chi connectivity index (χ1n) is 8.68. The molecule has 1 amide bonds. The lowest BCUT2D eigenvalue weighted by atomic mass is 10.2. The maximum atomic E-state index is 12.9. The van der Waals surface area contributed by atoms with Crippen LogP contribution in [-0.4, -0.2) is 47.9 Å². The minimum absolute atomic E-state index is 0. The van der Waals surface area contributed by atoms with Gasteiger partial charge in [-0.3, -0.25) is 19.8 Å². The molecule has 0 fully saturated rings. The summed E-state index contributed by atoms with van der Waals surface area (Å²) in [5.41, 5.74) is 1.44. The predicted octanol–water partition coefficient (Wildman–Crippen LogP) is 4.23. The highest BCUT2D eigenvalue weighted by Gasteiger charge is 2.18. The SMILES string of the molecule is CN(C)CCN(C(=O)C=Cc1cccc([N+](=O)[O-])c1)c1nc2ccccc2s1.Cl. The summed E-state index contributed by atoms with van der Waals surface area (Å²) in [5, 5.41) is 11.5. The van der Waals surface area contributed by atoms with E-state index >= 15 is 0 Å². The molecule has 152 valence electrons. The highest BCUT2D eigenvalue weighted by molar-refractivity contribution is 7.22. The number of rotatable bonds is 7. The van der Waals surface area contributed by atoms with Gasteiger partial charge < -0.3 is 4.90 Å². The van der Waals surface area contributed by atoms with E-state index in [0.717, 1.165) is 10.2 Å². The zero-order valence-electron chi connectivity index (χ0n) is 16.0. The molecule has 0 saturated heterocycles. The summed E-state index contributed by atoms with van der Waals surface area (Å²) >= 11 is 1.47. The van der Waals surface area contributed by atoms with Crippen molar-refractivity contribution in [2.45, 2.75) is 0 Å². The molecule has 7 nitrogen and oxygen atoms in total. The van der Waals surface area contributed by atoms with E-state index in [1.54, 1.807) is 23.1 Å². The standard InChI is InChI=1S/C20H20N4O3S.ClH/c1-22(2)12-13-23(20-21-17-8-3-4-9-18(17)28-20)19(25)11-10-15-6-5-7-16(14-15)24(26)27;/h3-11,14H,12-13H2,1-2H3;1H. The Morgan fingerprint density at radius 3 is 2.62 bits per heavy atom. The summed E-state index contributed by atoms with van der Waals surface area (Å²) < 4.78 is 1.02. The van der Waals surface area contributed by atoms with Gasteiger partial charge in [0.1, 0.15) is 0 Å². The first-order valence-corrected chi connectivity index (χ1v) is 9.50. The van der Waals surface area contributed by atoms with Gasteiger partial charge in [0, 0.05) is 31.3 Å². The van der Waals surface area contributed by atoms with Crippen LogP contribution in [0.1, 0.15) is 5.56 Å². The second-order valence-electron chi connectivity index (χ2n) is 6.44. The number of nitrogens with zero attached hydrogens (tertiary/aromatic N) is 4. The highest BCUT2D eigenvalue weighted by atomic mass is 35.5. The minimum Gasteiger partial charge on any atom is -0.308 e. The number of benzene rings is 2. The summed E-state index contributed by atoms with van der Waals surface area (Å²) in [5.74, 6) is -0.215. The molecule has 0 radical (unpaired) electrons. The molecule has 9 heteroatoms. The van der Waals surface area contributed by atoms with Crippen LogP contribution < -0.4 is 4.90 Å². The van der Waals surface area contributed by atoms with Crippen molar-refractivity contribution in [2.24, 2.45) is 0 Å². The van der Waals surface area contributed by atoms with Crippen molar-refractivity contribution in [3.8, 4) is 0 Å². The minimum atomic E-state index is -0.455. The summed E-state index contributed by atoms with van der Waals surface area (Å²) in [4.78, 5) is 31.6. The molecule has 0 bridgehead atoms. The Bertz CT molecular complexity index is 1000. The quantitative estimate of drug-likeness (QED) is 0.317. The molecule has 0 unspecified atom stereocenters. The molecule has 0 aliphatic rings. The van der Waals surface area contributed by atoms with Crippen molar-refractivity contribution < 1.29 is 9.72 Å². The third-order valence-corrected chi connectivity index (χ3v) is 5.11. The fourth-order valence-electron chi connectivity index (χ4n) is 2.58. The second kappa shape index (κ2) is 10.1. The van der Waals surface area contributed by atoms with Gasteiger partial charge in [-0.15, -0.1) is 12.4 Å². The third kappa shape index (κ3) is 5.83. The van der Waals surface area contributed by atoms with Gasteiger partial charge in [0.15, 0.2) is 5.13 Å². The first-order chi connectivity index (χ1) is 13.4. The van der Waals surface area contributed by atoms with Crippen molar-refractivity contribution in [1.82, 2.24) is 9.88 Å². The topological polar surface area (TPSA) is 79.6 Å². The lowest BCUT2D eigenvalue weighted by molar-refractivity contribution is -0.384. The van der Waals surface area contributed by atoms with Crippen LogP contribution in [0.5, 0.6) is 0 Å². The zero-order valence-corrected chi connectivity index (χ0v) is 17.7. The smallest absolute Gasteiger partial charge is 0.270 e. The van der Waals surface area contributed by atoms with Crippen molar-refractivity contribution in [1.29, 1.82) is 0 Å². The molecular weight excluding hydrogens is 412 g/mol. The van der Waals surface area contributed by atoms with E-state index in [-0.39, 0.29) is 24.0 Å². The molecule has 1 aromatic heterocycles. The highest BCUT2D eigenvalue weighted by Crippen LogP contribution is 2.28. The van der Waals surface area contributed by atoms with Crippen LogP contribution in [0.3, 0.4) is 0 Å². The Morgan fingerprint density at radius 1 is 1.17 bits per heavy atom. The number of nitro benzene ring substituents is 1. The number of non-ortho nitro benzene ring substituents is 1. The van der Waals surface area contributed by atoms with Crippen LogP contribution in [0.25, 0.3) is 16.3 Å². The van der Waals surface area contributed by atoms with Gasteiger partial charge >= 0.3 is 0 Å². The number of carbonyl (C=O) groups is 1. The van der Waals surface area contributed by atoms with E-state index < -0.39 is 4.92 Å². The van der Waals surface area contributed by atoms with E-state index in [0.29, 0.717) is 23.8 Å². The van der Waals surface area contributed by atoms with Crippen LogP contribution in [0.15, 0.2) is 54.6 Å². The molecule has 0 atom stereocenters. The number of amides is 1. The summed E-state index contributed by atoms with van der Waals surface area (Å²) in [6.07, 6.45) is 3.02. The number of fused-ring (bicyclic) bond motifs is 1. The van der Waals surface area contributed by atoms with Gasteiger partial charge in [0.05, 0.1) is 15.1 Å². The lowest BCUT2D eigenvalue weighted by Crippen LogP contribution is -2.35. The van der Waals surface area contributed by atoms with Crippen molar-refractivity contribution >= 4 is 56.8 Å². The molecule has 3 aromatic rings. The van der Waals surface area contributed by atoms with Gasteiger partial charge in [0.2, 0.25) is 0 Å². The Balaban J connectivity index is 0.00000300. The number of para-hydroxylation sites is 1. The molecule has 2 aromatic carbocycles.